The van der Waals surface area contributed by atoms with Gasteiger partial charge in [-0.15, -0.1) is 11.3 Å². The van der Waals surface area contributed by atoms with Crippen molar-refractivity contribution in [3.8, 4) is 0 Å². The molecule has 0 aromatic carbocycles. The minimum absolute atomic E-state index is 0.237. The topological polar surface area (TPSA) is 32.3 Å². The van der Waals surface area contributed by atoms with Crippen LogP contribution in [0.5, 0.6) is 0 Å². The molecule has 2 aliphatic rings. The zero-order chi connectivity index (χ0) is 12.0. The van der Waals surface area contributed by atoms with E-state index in [1.807, 2.05) is 11.0 Å². The predicted molar refractivity (Wildman–Crippen MR) is 69.5 cm³/mol. The number of carbonyl (C=O) groups excluding carboxylic acids is 1. The van der Waals surface area contributed by atoms with Crippen LogP contribution < -0.4 is 5.32 Å². The fraction of sp³-hybridized carbons (Fsp3) is 0.615. The van der Waals surface area contributed by atoms with E-state index in [1.165, 1.54) is 10.4 Å². The van der Waals surface area contributed by atoms with Crippen LogP contribution in [0.25, 0.3) is 0 Å². The fourth-order valence-corrected chi connectivity index (χ4v) is 3.86. The number of hydrogen-bond acceptors (Lipinski definition) is 3. The molecule has 2 unspecified atom stereocenters. The van der Waals surface area contributed by atoms with Gasteiger partial charge >= 0.3 is 0 Å². The molecule has 0 bridgehead atoms. The van der Waals surface area contributed by atoms with E-state index in [4.69, 9.17) is 0 Å². The molecule has 2 aliphatic heterocycles. The summed E-state index contributed by atoms with van der Waals surface area (Å²) < 4.78 is 0. The molecule has 2 atom stereocenters. The third kappa shape index (κ3) is 1.89. The van der Waals surface area contributed by atoms with E-state index in [0.29, 0.717) is 11.8 Å². The number of thiophene rings is 1. The van der Waals surface area contributed by atoms with E-state index in [0.717, 1.165) is 31.1 Å². The fourth-order valence-electron chi connectivity index (χ4n) is 2.86. The van der Waals surface area contributed by atoms with Gasteiger partial charge in [-0.05, 0) is 37.3 Å². The van der Waals surface area contributed by atoms with E-state index in [2.05, 4.69) is 19.2 Å². The lowest BCUT2D eigenvalue weighted by Crippen LogP contribution is -2.31. The maximum absolute atomic E-state index is 12.4. The number of amides is 1. The van der Waals surface area contributed by atoms with Gasteiger partial charge in [-0.1, -0.05) is 0 Å². The Morgan fingerprint density at radius 3 is 2.53 bits per heavy atom. The van der Waals surface area contributed by atoms with Gasteiger partial charge in [0.15, 0.2) is 0 Å². The highest BCUT2D eigenvalue weighted by Crippen LogP contribution is 2.29. The van der Waals surface area contributed by atoms with E-state index in [-0.39, 0.29) is 5.91 Å². The smallest absolute Gasteiger partial charge is 0.263 e. The van der Waals surface area contributed by atoms with Gasteiger partial charge in [0.05, 0.1) is 4.88 Å². The number of carbonyl (C=O) groups is 1. The van der Waals surface area contributed by atoms with E-state index >= 15 is 0 Å². The maximum Gasteiger partial charge on any atom is 0.263 e. The molecule has 92 valence electrons. The zero-order valence-electron chi connectivity index (χ0n) is 10.3. The first-order valence-corrected chi connectivity index (χ1v) is 7.04. The normalized spacial score (nSPS) is 27.5. The Morgan fingerprint density at radius 2 is 2.00 bits per heavy atom. The Kier molecular flexibility index (Phi) is 2.71. The average Bonchev–Trinajstić information content (AvgIpc) is 2.92. The standard InChI is InChI=1S/C13H18N2OS/c1-8-3-12(17-9(8)2)13(16)15-6-10-4-14-5-11(10)7-15/h3,10-11,14H,4-7H2,1-2H3. The lowest BCUT2D eigenvalue weighted by Gasteiger charge is -2.16. The number of nitrogens with zero attached hydrogens (tertiary/aromatic N) is 1. The molecule has 1 amide bonds. The van der Waals surface area contributed by atoms with Gasteiger partial charge in [-0.3, -0.25) is 4.79 Å². The van der Waals surface area contributed by atoms with Crippen molar-refractivity contribution < 1.29 is 4.79 Å². The number of fused-ring (bicyclic) bond motifs is 1. The highest BCUT2D eigenvalue weighted by Gasteiger charge is 2.38. The van der Waals surface area contributed by atoms with Crippen molar-refractivity contribution in [2.45, 2.75) is 13.8 Å². The molecule has 2 saturated heterocycles. The molecule has 1 aromatic rings. The summed E-state index contributed by atoms with van der Waals surface area (Å²) in [6.45, 7) is 8.19. The highest BCUT2D eigenvalue weighted by molar-refractivity contribution is 7.14. The first kappa shape index (κ1) is 11.2. The molecule has 3 nitrogen and oxygen atoms in total. The third-order valence-corrected chi connectivity index (χ3v) is 5.19. The Bertz CT molecular complexity index is 423. The molecule has 0 radical (unpaired) electrons. The molecule has 2 fully saturated rings. The summed E-state index contributed by atoms with van der Waals surface area (Å²) >= 11 is 1.63. The molecule has 4 heteroatoms. The van der Waals surface area contributed by atoms with Gasteiger partial charge in [-0.2, -0.15) is 0 Å². The van der Waals surface area contributed by atoms with Gasteiger partial charge in [0.25, 0.3) is 5.91 Å². The second kappa shape index (κ2) is 4.10. The van der Waals surface area contributed by atoms with Crippen LogP contribution in [0, 0.1) is 25.7 Å². The lowest BCUT2D eigenvalue weighted by atomic mass is 10.0. The first-order chi connectivity index (χ1) is 8.15. The summed E-state index contributed by atoms with van der Waals surface area (Å²) in [7, 11) is 0. The van der Waals surface area contributed by atoms with Crippen molar-refractivity contribution in [1.82, 2.24) is 10.2 Å². The predicted octanol–water partition coefficient (Wildman–Crippen LogP) is 1.66. The molecule has 17 heavy (non-hydrogen) atoms. The summed E-state index contributed by atoms with van der Waals surface area (Å²) in [6, 6.07) is 2.04. The molecule has 1 aromatic heterocycles. The quantitative estimate of drug-likeness (QED) is 0.822. The van der Waals surface area contributed by atoms with E-state index < -0.39 is 0 Å². The maximum atomic E-state index is 12.4. The van der Waals surface area contributed by atoms with Crippen LogP contribution in [-0.2, 0) is 0 Å². The van der Waals surface area contributed by atoms with Crippen LogP contribution in [0.3, 0.4) is 0 Å². The minimum atomic E-state index is 0.237. The molecule has 0 spiro atoms. The number of hydrogen-bond donors (Lipinski definition) is 1. The highest BCUT2D eigenvalue weighted by atomic mass is 32.1. The molecule has 0 saturated carbocycles. The summed E-state index contributed by atoms with van der Waals surface area (Å²) in [5.41, 5.74) is 1.24. The minimum Gasteiger partial charge on any atom is -0.337 e. The van der Waals surface area contributed by atoms with Crippen molar-refractivity contribution in [1.29, 1.82) is 0 Å². The molecular formula is C13H18N2OS. The molecule has 1 N–H and O–H groups in total. The Morgan fingerprint density at radius 1 is 1.35 bits per heavy atom. The van der Waals surface area contributed by atoms with Crippen molar-refractivity contribution in [3.63, 3.8) is 0 Å². The summed E-state index contributed by atoms with van der Waals surface area (Å²) in [6.07, 6.45) is 0. The monoisotopic (exact) mass is 250 g/mol. The van der Waals surface area contributed by atoms with Crippen molar-refractivity contribution >= 4 is 17.2 Å². The van der Waals surface area contributed by atoms with Crippen LogP contribution in [0.2, 0.25) is 0 Å². The average molecular weight is 250 g/mol. The van der Waals surface area contributed by atoms with Gasteiger partial charge < -0.3 is 10.2 Å². The summed E-state index contributed by atoms with van der Waals surface area (Å²) in [4.78, 5) is 16.6. The van der Waals surface area contributed by atoms with Crippen LogP contribution >= 0.6 is 11.3 Å². The van der Waals surface area contributed by atoms with Gasteiger partial charge in [0.2, 0.25) is 0 Å². The van der Waals surface area contributed by atoms with Gasteiger partial charge in [-0.25, -0.2) is 0 Å². The largest absolute Gasteiger partial charge is 0.337 e. The first-order valence-electron chi connectivity index (χ1n) is 6.22. The van der Waals surface area contributed by atoms with Crippen molar-refractivity contribution in [2.24, 2.45) is 11.8 Å². The second-order valence-electron chi connectivity index (χ2n) is 5.24. The second-order valence-corrected chi connectivity index (χ2v) is 6.49. The van der Waals surface area contributed by atoms with Crippen LogP contribution in [0.15, 0.2) is 6.07 Å². The molecule has 3 rings (SSSR count). The molecule has 3 heterocycles. The zero-order valence-corrected chi connectivity index (χ0v) is 11.1. The van der Waals surface area contributed by atoms with Crippen molar-refractivity contribution in [3.05, 3.63) is 21.4 Å². The van der Waals surface area contributed by atoms with Crippen molar-refractivity contribution in [2.75, 3.05) is 26.2 Å². The van der Waals surface area contributed by atoms with Crippen LogP contribution in [0.1, 0.15) is 20.1 Å². The molecular weight excluding hydrogens is 232 g/mol. The lowest BCUT2D eigenvalue weighted by molar-refractivity contribution is 0.0786. The van der Waals surface area contributed by atoms with Gasteiger partial charge in [0.1, 0.15) is 0 Å². The van der Waals surface area contributed by atoms with E-state index in [1.54, 1.807) is 11.3 Å². The third-order valence-electron chi connectivity index (χ3n) is 4.05. The number of likely N-dealkylation sites (tertiary alicyclic amines) is 1. The van der Waals surface area contributed by atoms with E-state index in [9.17, 15) is 4.79 Å². The molecule has 0 aliphatic carbocycles. The SMILES string of the molecule is Cc1cc(C(=O)N2CC3CNCC3C2)sc1C. The summed E-state index contributed by atoms with van der Waals surface area (Å²) in [5, 5.41) is 3.40. The summed E-state index contributed by atoms with van der Waals surface area (Å²) in [5.74, 6) is 1.60. The Balaban J connectivity index is 1.75. The van der Waals surface area contributed by atoms with Crippen LogP contribution in [0.4, 0.5) is 0 Å². The Labute approximate surface area is 106 Å². The number of aryl methyl sites for hydroxylation is 2. The number of rotatable bonds is 1. The Hall–Kier alpha value is -0.870. The van der Waals surface area contributed by atoms with Gasteiger partial charge in [0, 0.05) is 31.1 Å². The number of nitrogens with one attached hydrogen (secondary N) is 1. The van der Waals surface area contributed by atoms with Crippen LogP contribution in [-0.4, -0.2) is 37.0 Å².